The minimum absolute atomic E-state index is 0.0673. The molecule has 1 N–H and O–H groups in total. The number of nitrogens with zero attached hydrogens (tertiary/aromatic N) is 1. The van der Waals surface area contributed by atoms with Crippen LogP contribution in [0, 0.1) is 23.1 Å². The summed E-state index contributed by atoms with van der Waals surface area (Å²) in [6.07, 6.45) is 0.402. The van der Waals surface area contributed by atoms with Gasteiger partial charge in [0.25, 0.3) is 0 Å². The Balaban J connectivity index is 2.76. The number of carbonyl (C=O) groups excluding carboxylic acids is 1. The van der Waals surface area contributed by atoms with Crippen molar-refractivity contribution in [2.24, 2.45) is 5.92 Å². The summed E-state index contributed by atoms with van der Waals surface area (Å²) in [4.78, 5) is 11.4. The molecule has 0 unspecified atom stereocenters. The van der Waals surface area contributed by atoms with Crippen molar-refractivity contribution in [3.8, 4) is 6.07 Å². The van der Waals surface area contributed by atoms with Crippen LogP contribution in [0.2, 0.25) is 0 Å². The summed E-state index contributed by atoms with van der Waals surface area (Å²) in [5.41, 5.74) is 0.381. The van der Waals surface area contributed by atoms with Crippen molar-refractivity contribution in [2.45, 2.75) is 20.3 Å². The van der Waals surface area contributed by atoms with Gasteiger partial charge in [-0.2, -0.15) is 5.26 Å². The van der Waals surface area contributed by atoms with E-state index in [0.29, 0.717) is 12.1 Å². The second-order valence-corrected chi connectivity index (χ2v) is 3.95. The molecule has 0 heterocycles. The third-order valence-electron chi connectivity index (χ3n) is 1.96. The molecule has 0 radical (unpaired) electrons. The van der Waals surface area contributed by atoms with Gasteiger partial charge in [-0.25, -0.2) is 4.39 Å². The molecule has 0 aromatic heterocycles. The molecule has 0 fully saturated rings. The predicted octanol–water partition coefficient (Wildman–Crippen LogP) is 2.68. The minimum atomic E-state index is -0.579. The molecule has 3 nitrogen and oxygen atoms in total. The van der Waals surface area contributed by atoms with E-state index in [1.807, 2.05) is 13.8 Å². The number of benzene rings is 1. The molecule has 0 spiro atoms. The van der Waals surface area contributed by atoms with Crippen LogP contribution in [0.15, 0.2) is 18.2 Å². The number of anilines is 1. The van der Waals surface area contributed by atoms with Gasteiger partial charge in [-0.15, -0.1) is 0 Å². The van der Waals surface area contributed by atoms with Gasteiger partial charge in [0.2, 0.25) is 5.91 Å². The second kappa shape index (κ2) is 5.26. The van der Waals surface area contributed by atoms with Crippen LogP contribution in [0.3, 0.4) is 0 Å². The molecule has 1 rings (SSSR count). The maximum atomic E-state index is 13.0. The van der Waals surface area contributed by atoms with E-state index in [-0.39, 0.29) is 17.4 Å². The Hall–Kier alpha value is -1.89. The van der Waals surface area contributed by atoms with E-state index < -0.39 is 5.82 Å². The quantitative estimate of drug-likeness (QED) is 0.851. The van der Waals surface area contributed by atoms with Crippen molar-refractivity contribution in [1.82, 2.24) is 0 Å². The molecule has 1 aromatic rings. The van der Waals surface area contributed by atoms with E-state index in [1.54, 1.807) is 6.07 Å². The van der Waals surface area contributed by atoms with Crippen molar-refractivity contribution in [1.29, 1.82) is 5.26 Å². The number of carbonyl (C=O) groups is 1. The maximum absolute atomic E-state index is 13.0. The first kappa shape index (κ1) is 12.2. The highest BCUT2D eigenvalue weighted by Crippen LogP contribution is 2.14. The fourth-order valence-corrected chi connectivity index (χ4v) is 1.27. The predicted molar refractivity (Wildman–Crippen MR) is 59.2 cm³/mol. The second-order valence-electron chi connectivity index (χ2n) is 3.95. The number of hydrogen-bond donors (Lipinski definition) is 1. The highest BCUT2D eigenvalue weighted by molar-refractivity contribution is 5.90. The maximum Gasteiger partial charge on any atom is 0.224 e. The molecule has 84 valence electrons. The molecular formula is C12H13FN2O. The molecule has 0 atom stereocenters. The zero-order chi connectivity index (χ0) is 12.1. The Bertz CT molecular complexity index is 435. The summed E-state index contributed by atoms with van der Waals surface area (Å²) < 4.78 is 13.0. The van der Waals surface area contributed by atoms with Crippen LogP contribution in [-0.2, 0) is 4.79 Å². The normalized spacial score (nSPS) is 9.94. The van der Waals surface area contributed by atoms with Gasteiger partial charge in [-0.1, -0.05) is 13.8 Å². The van der Waals surface area contributed by atoms with Crippen LogP contribution >= 0.6 is 0 Å². The number of nitriles is 1. The zero-order valence-corrected chi connectivity index (χ0v) is 9.25. The smallest absolute Gasteiger partial charge is 0.224 e. The highest BCUT2D eigenvalue weighted by atomic mass is 19.1. The van der Waals surface area contributed by atoms with Crippen LogP contribution in [0.1, 0.15) is 25.8 Å². The lowest BCUT2D eigenvalue weighted by Crippen LogP contribution is -2.13. The minimum Gasteiger partial charge on any atom is -0.326 e. The number of hydrogen-bond acceptors (Lipinski definition) is 2. The third-order valence-corrected chi connectivity index (χ3v) is 1.96. The van der Waals surface area contributed by atoms with Crippen molar-refractivity contribution >= 4 is 11.6 Å². The van der Waals surface area contributed by atoms with E-state index in [1.165, 1.54) is 18.2 Å². The summed E-state index contributed by atoms with van der Waals surface area (Å²) in [7, 11) is 0. The molecule has 0 aliphatic rings. The van der Waals surface area contributed by atoms with E-state index in [0.717, 1.165) is 0 Å². The lowest BCUT2D eigenvalue weighted by Gasteiger charge is -2.07. The topological polar surface area (TPSA) is 52.9 Å². The van der Waals surface area contributed by atoms with Crippen molar-refractivity contribution in [2.75, 3.05) is 5.32 Å². The summed E-state index contributed by atoms with van der Waals surface area (Å²) >= 11 is 0. The van der Waals surface area contributed by atoms with Crippen LogP contribution in [0.4, 0.5) is 10.1 Å². The highest BCUT2D eigenvalue weighted by Gasteiger charge is 2.07. The number of rotatable bonds is 3. The van der Waals surface area contributed by atoms with Gasteiger partial charge in [-0.3, -0.25) is 4.79 Å². The van der Waals surface area contributed by atoms with Crippen LogP contribution < -0.4 is 5.32 Å². The fourth-order valence-electron chi connectivity index (χ4n) is 1.27. The molecule has 1 aromatic carbocycles. The van der Waals surface area contributed by atoms with Gasteiger partial charge in [0.1, 0.15) is 11.9 Å². The van der Waals surface area contributed by atoms with Gasteiger partial charge in [0, 0.05) is 12.1 Å². The molecule has 0 aliphatic heterocycles. The van der Waals surface area contributed by atoms with Crippen LogP contribution in [0.5, 0.6) is 0 Å². The molecule has 0 saturated heterocycles. The summed E-state index contributed by atoms with van der Waals surface area (Å²) in [5, 5.41) is 11.2. The average molecular weight is 220 g/mol. The first-order valence-electron chi connectivity index (χ1n) is 5.02. The Morgan fingerprint density at radius 1 is 1.56 bits per heavy atom. The molecule has 0 bridgehead atoms. The van der Waals surface area contributed by atoms with E-state index in [2.05, 4.69) is 5.32 Å². The zero-order valence-electron chi connectivity index (χ0n) is 9.25. The summed E-state index contributed by atoms with van der Waals surface area (Å²) in [5.74, 6) is -0.453. The first-order valence-corrected chi connectivity index (χ1v) is 5.02. The molecular weight excluding hydrogens is 207 g/mol. The summed E-state index contributed by atoms with van der Waals surface area (Å²) in [6, 6.07) is 5.66. The number of nitrogens with one attached hydrogen (secondary N) is 1. The van der Waals surface area contributed by atoms with Crippen molar-refractivity contribution < 1.29 is 9.18 Å². The number of halogens is 1. The number of amides is 1. The van der Waals surface area contributed by atoms with E-state index >= 15 is 0 Å². The van der Waals surface area contributed by atoms with Gasteiger partial charge in [0.15, 0.2) is 0 Å². The van der Waals surface area contributed by atoms with E-state index in [4.69, 9.17) is 5.26 Å². The van der Waals surface area contributed by atoms with Crippen LogP contribution in [-0.4, -0.2) is 5.91 Å². The summed E-state index contributed by atoms with van der Waals surface area (Å²) in [6.45, 7) is 3.87. The molecule has 0 saturated carbocycles. The van der Waals surface area contributed by atoms with Crippen molar-refractivity contribution in [3.63, 3.8) is 0 Å². The Morgan fingerprint density at radius 3 is 2.81 bits per heavy atom. The monoisotopic (exact) mass is 220 g/mol. The lowest BCUT2D eigenvalue weighted by molar-refractivity contribution is -0.116. The Morgan fingerprint density at radius 2 is 2.25 bits per heavy atom. The fraction of sp³-hybridized carbons (Fsp3) is 0.333. The van der Waals surface area contributed by atoms with Crippen LogP contribution in [0.25, 0.3) is 0 Å². The van der Waals surface area contributed by atoms with E-state index in [9.17, 15) is 9.18 Å². The first-order chi connectivity index (χ1) is 7.52. The average Bonchev–Trinajstić information content (AvgIpc) is 2.19. The van der Waals surface area contributed by atoms with Gasteiger partial charge in [-0.05, 0) is 24.1 Å². The Labute approximate surface area is 93.9 Å². The molecule has 4 heteroatoms. The van der Waals surface area contributed by atoms with Crippen molar-refractivity contribution in [3.05, 3.63) is 29.6 Å². The largest absolute Gasteiger partial charge is 0.326 e. The lowest BCUT2D eigenvalue weighted by atomic mass is 10.1. The van der Waals surface area contributed by atoms with Gasteiger partial charge in [0.05, 0.1) is 5.56 Å². The van der Waals surface area contributed by atoms with Gasteiger partial charge < -0.3 is 5.32 Å². The molecule has 16 heavy (non-hydrogen) atoms. The Kier molecular flexibility index (Phi) is 4.01. The molecule has 0 aliphatic carbocycles. The van der Waals surface area contributed by atoms with Gasteiger partial charge >= 0.3 is 0 Å². The third kappa shape index (κ3) is 3.35. The molecule has 1 amide bonds. The standard InChI is InChI=1S/C12H13FN2O/c1-8(2)5-12(16)15-10-3-4-11(13)9(6-10)7-14/h3-4,6,8H,5H2,1-2H3,(H,15,16). The SMILES string of the molecule is CC(C)CC(=O)Nc1ccc(F)c(C#N)c1.